The normalized spacial score (nSPS) is 16.2. The van der Waals surface area contributed by atoms with Gasteiger partial charge in [0.15, 0.2) is 5.82 Å². The van der Waals surface area contributed by atoms with Gasteiger partial charge in [-0.1, -0.05) is 0 Å². The molecule has 1 amide bonds. The molecule has 4 rings (SSSR count). The van der Waals surface area contributed by atoms with E-state index < -0.39 is 5.82 Å². The molecule has 1 fully saturated rings. The minimum absolute atomic E-state index is 0.126. The number of fused-ring (bicyclic) bond motifs is 1. The molecule has 0 radical (unpaired) electrons. The molecular weight excluding hydrogens is 385 g/mol. The van der Waals surface area contributed by atoms with E-state index in [2.05, 4.69) is 21.0 Å². The van der Waals surface area contributed by atoms with Gasteiger partial charge in [-0.05, 0) is 37.3 Å². The van der Waals surface area contributed by atoms with Crippen LogP contribution in [-0.2, 0) is 11.2 Å². The molecule has 9 heteroatoms. The molecular formula is C21H18FN7O. The van der Waals surface area contributed by atoms with Crippen LogP contribution in [0, 0.1) is 34.4 Å². The third-order valence-corrected chi connectivity index (χ3v) is 5.27. The summed E-state index contributed by atoms with van der Waals surface area (Å²) in [5.41, 5.74) is 2.07. The number of hydrogen-bond donors (Lipinski definition) is 0. The van der Waals surface area contributed by atoms with E-state index in [4.69, 9.17) is 5.26 Å². The monoisotopic (exact) mass is 403 g/mol. The summed E-state index contributed by atoms with van der Waals surface area (Å²) < 4.78 is 15.3. The van der Waals surface area contributed by atoms with Crippen LogP contribution in [0.15, 0.2) is 30.7 Å². The lowest BCUT2D eigenvalue weighted by atomic mass is 9.92. The Bertz CT molecular complexity index is 1190. The van der Waals surface area contributed by atoms with Crippen LogP contribution in [0.3, 0.4) is 0 Å². The smallest absolute Gasteiger partial charge is 0.236 e. The lowest BCUT2D eigenvalue weighted by Gasteiger charge is -2.32. The molecule has 1 aliphatic heterocycles. The van der Waals surface area contributed by atoms with Crippen LogP contribution in [0.4, 0.5) is 4.39 Å². The van der Waals surface area contributed by atoms with Gasteiger partial charge in [-0.2, -0.15) is 10.5 Å². The summed E-state index contributed by atoms with van der Waals surface area (Å²) in [7, 11) is 0. The summed E-state index contributed by atoms with van der Waals surface area (Å²) in [5.74, 6) is -0.0787. The maximum Gasteiger partial charge on any atom is 0.236 e. The number of imidazole rings is 1. The second-order valence-electron chi connectivity index (χ2n) is 7.27. The summed E-state index contributed by atoms with van der Waals surface area (Å²) in [4.78, 5) is 26.9. The molecule has 0 unspecified atom stereocenters. The number of amides is 1. The van der Waals surface area contributed by atoms with Crippen molar-refractivity contribution >= 4 is 11.6 Å². The molecule has 0 N–H and O–H groups in total. The van der Waals surface area contributed by atoms with Crippen LogP contribution in [0.1, 0.15) is 30.5 Å². The highest BCUT2D eigenvalue weighted by Gasteiger charge is 2.25. The Kier molecular flexibility index (Phi) is 5.36. The molecule has 1 atom stereocenters. The van der Waals surface area contributed by atoms with Crippen molar-refractivity contribution in [2.45, 2.75) is 25.7 Å². The molecule has 0 saturated carbocycles. The van der Waals surface area contributed by atoms with Crippen molar-refractivity contribution in [3.63, 3.8) is 0 Å². The first-order valence-corrected chi connectivity index (χ1v) is 9.62. The molecule has 3 aromatic rings. The number of rotatable bonds is 4. The maximum absolute atomic E-state index is 13.7. The quantitative estimate of drug-likeness (QED) is 0.662. The van der Waals surface area contributed by atoms with Gasteiger partial charge in [0.25, 0.3) is 0 Å². The SMILES string of the molecule is N#CCC(=O)N1CCC[C@@H](Cc2nc(-c3cnc4ccc(F)cn34)ncc2C#N)C1. The number of carbonyl (C=O) groups excluding carboxylic acids is 1. The van der Waals surface area contributed by atoms with E-state index in [9.17, 15) is 14.4 Å². The molecule has 30 heavy (non-hydrogen) atoms. The van der Waals surface area contributed by atoms with Crippen molar-refractivity contribution in [1.29, 1.82) is 10.5 Å². The largest absolute Gasteiger partial charge is 0.342 e. The first-order valence-electron chi connectivity index (χ1n) is 9.62. The Morgan fingerprint density at radius 2 is 2.13 bits per heavy atom. The highest BCUT2D eigenvalue weighted by Crippen LogP contribution is 2.24. The van der Waals surface area contributed by atoms with Crippen molar-refractivity contribution in [3.8, 4) is 23.7 Å². The van der Waals surface area contributed by atoms with Crippen molar-refractivity contribution in [2.75, 3.05) is 13.1 Å². The van der Waals surface area contributed by atoms with Gasteiger partial charge in [0.05, 0.1) is 23.5 Å². The molecule has 150 valence electrons. The molecule has 3 aromatic heterocycles. The van der Waals surface area contributed by atoms with Crippen LogP contribution in [0.5, 0.6) is 0 Å². The lowest BCUT2D eigenvalue weighted by Crippen LogP contribution is -2.40. The van der Waals surface area contributed by atoms with Crippen molar-refractivity contribution in [3.05, 3.63) is 47.8 Å². The Morgan fingerprint density at radius 1 is 1.27 bits per heavy atom. The summed E-state index contributed by atoms with van der Waals surface area (Å²) in [6, 6.07) is 6.93. The summed E-state index contributed by atoms with van der Waals surface area (Å²) in [6.45, 7) is 1.18. The zero-order valence-corrected chi connectivity index (χ0v) is 16.1. The fraction of sp³-hybridized carbons (Fsp3) is 0.333. The number of nitriles is 2. The Morgan fingerprint density at radius 3 is 2.93 bits per heavy atom. The number of halogens is 1. The van der Waals surface area contributed by atoms with Crippen LogP contribution >= 0.6 is 0 Å². The van der Waals surface area contributed by atoms with Gasteiger partial charge >= 0.3 is 0 Å². The average molecular weight is 403 g/mol. The first-order chi connectivity index (χ1) is 14.6. The summed E-state index contributed by atoms with van der Waals surface area (Å²) >= 11 is 0. The highest BCUT2D eigenvalue weighted by atomic mass is 19.1. The molecule has 1 aliphatic rings. The number of carbonyl (C=O) groups is 1. The topological polar surface area (TPSA) is 111 Å². The summed E-state index contributed by atoms with van der Waals surface area (Å²) in [6.07, 6.45) is 6.49. The van der Waals surface area contributed by atoms with Gasteiger partial charge in [-0.3, -0.25) is 9.20 Å². The zero-order valence-electron chi connectivity index (χ0n) is 16.1. The predicted octanol–water partition coefficient (Wildman–Crippen LogP) is 2.50. The van der Waals surface area contributed by atoms with Crippen LogP contribution in [0.2, 0.25) is 0 Å². The van der Waals surface area contributed by atoms with E-state index in [1.54, 1.807) is 21.6 Å². The van der Waals surface area contributed by atoms with Crippen LogP contribution in [0.25, 0.3) is 17.2 Å². The van der Waals surface area contributed by atoms with E-state index in [-0.39, 0.29) is 18.2 Å². The molecule has 8 nitrogen and oxygen atoms in total. The number of aromatic nitrogens is 4. The van der Waals surface area contributed by atoms with Gasteiger partial charge in [0.1, 0.15) is 29.6 Å². The number of likely N-dealkylation sites (tertiary alicyclic amines) is 1. The van der Waals surface area contributed by atoms with Crippen molar-refractivity contribution < 1.29 is 9.18 Å². The summed E-state index contributed by atoms with van der Waals surface area (Å²) in [5, 5.41) is 18.3. The third kappa shape index (κ3) is 3.83. The molecule has 0 spiro atoms. The number of hydrogen-bond acceptors (Lipinski definition) is 6. The zero-order chi connectivity index (χ0) is 21.1. The minimum Gasteiger partial charge on any atom is -0.342 e. The van der Waals surface area contributed by atoms with Gasteiger partial charge in [0.2, 0.25) is 5.91 Å². The second kappa shape index (κ2) is 8.26. The second-order valence-corrected chi connectivity index (χ2v) is 7.27. The highest BCUT2D eigenvalue weighted by molar-refractivity contribution is 5.78. The van der Waals surface area contributed by atoms with Gasteiger partial charge in [0, 0.05) is 25.5 Å². The van der Waals surface area contributed by atoms with Gasteiger partial charge < -0.3 is 4.90 Å². The van der Waals surface area contributed by atoms with E-state index in [0.717, 1.165) is 12.8 Å². The van der Waals surface area contributed by atoms with Crippen molar-refractivity contribution in [2.24, 2.45) is 5.92 Å². The molecule has 1 saturated heterocycles. The third-order valence-electron chi connectivity index (χ3n) is 5.27. The number of nitrogens with zero attached hydrogens (tertiary/aromatic N) is 7. The fourth-order valence-corrected chi connectivity index (χ4v) is 3.82. The van der Waals surface area contributed by atoms with Crippen LogP contribution in [-0.4, -0.2) is 43.2 Å². The Labute approximate surface area is 172 Å². The fourth-order valence-electron chi connectivity index (χ4n) is 3.82. The standard InChI is InChI=1S/C21H18FN7O/c22-16-3-4-19-25-11-18(29(19)13-16)21-26-10-15(9-24)17(27-21)8-14-2-1-7-28(12-14)20(30)5-6-23/h3-4,10-11,13-14H,1-2,5,7-8,12H2/t14-/m0/s1. The number of pyridine rings is 1. The van der Waals surface area contributed by atoms with E-state index in [1.807, 2.05) is 6.07 Å². The maximum atomic E-state index is 13.7. The molecule has 0 bridgehead atoms. The average Bonchev–Trinajstić information content (AvgIpc) is 3.17. The van der Waals surface area contributed by atoms with Crippen LogP contribution < -0.4 is 0 Å². The first kappa shape index (κ1) is 19.5. The van der Waals surface area contributed by atoms with Gasteiger partial charge in [-0.25, -0.2) is 19.3 Å². The lowest BCUT2D eigenvalue weighted by molar-refractivity contribution is -0.131. The number of piperidine rings is 1. The molecule has 4 heterocycles. The Balaban J connectivity index is 1.62. The molecule has 0 aliphatic carbocycles. The van der Waals surface area contributed by atoms with Gasteiger partial charge in [-0.15, -0.1) is 0 Å². The van der Waals surface area contributed by atoms with Crippen molar-refractivity contribution in [1.82, 2.24) is 24.3 Å². The molecule has 0 aromatic carbocycles. The van der Waals surface area contributed by atoms with E-state index in [0.29, 0.717) is 47.9 Å². The van der Waals surface area contributed by atoms with E-state index >= 15 is 0 Å². The minimum atomic E-state index is -0.403. The predicted molar refractivity (Wildman–Crippen MR) is 104 cm³/mol. The van der Waals surface area contributed by atoms with E-state index in [1.165, 1.54) is 18.5 Å². The Hall–Kier alpha value is -3.85.